The van der Waals surface area contributed by atoms with Crippen molar-refractivity contribution < 1.29 is 52.3 Å². The molecule has 4 aromatic heterocycles. The molecule has 0 spiro atoms. The van der Waals surface area contributed by atoms with E-state index < -0.39 is 62.5 Å². The summed E-state index contributed by atoms with van der Waals surface area (Å²) in [6.07, 6.45) is 0.0402. The number of pyridine rings is 2. The molecular weight excluding hydrogens is 1280 g/mol. The van der Waals surface area contributed by atoms with Crippen LogP contribution in [0.5, 0.6) is 12.0 Å². The summed E-state index contributed by atoms with van der Waals surface area (Å²) in [6, 6.07) is 38.7. The third-order valence-corrected chi connectivity index (χ3v) is 23.1. The van der Waals surface area contributed by atoms with Gasteiger partial charge in [0.2, 0.25) is 0 Å². The van der Waals surface area contributed by atoms with Crippen molar-refractivity contribution in [3.05, 3.63) is 124 Å². The van der Waals surface area contributed by atoms with Crippen LogP contribution in [0, 0.1) is 0 Å². The number of benzene rings is 4. The van der Waals surface area contributed by atoms with E-state index in [0.717, 1.165) is 68.5 Å². The highest BCUT2D eigenvalue weighted by Crippen LogP contribution is 2.39. The van der Waals surface area contributed by atoms with Gasteiger partial charge in [0, 0.05) is 56.5 Å². The van der Waals surface area contributed by atoms with Crippen LogP contribution in [0.2, 0.25) is 61.4 Å². The fourth-order valence-corrected chi connectivity index (χ4v) is 15.0. The molecule has 8 heterocycles. The molecular formula is C64H74BrCl2N7O11SSi2. The minimum atomic E-state index is -2.18. The molecule has 0 bridgehead atoms. The standard InChI is InChI=1S/C34H41ClN4O6SSi.C30H33BrClN3O5Si/c1-46(41,25-13-14-25)38-24-11-9-22(10-12-24)21-5-7-23(8-6-21)30-26(35)17-27-33(37-30)39(20-42-15-16-47(2,3)4)34(36-27)45-29-19-44-31-28(40)18-43-32(29)31;1-41(2,3)13-12-37-17-35-29-23(33-30(35)40-25-16-39-27-24(36)15-38-28(25)27)14-22(32)26(34-29)20-6-4-18(5-7-20)19-8-10-21(31)11-9-19/h5-12,17,25,28-29,31-32,40H,13-16,18-20H2,1-4H3;4-11,14,24-25,27-28,36H,12-13,15-17H2,1-3H3/t28-,29-,31-,32-,46?;24-,25-,27-,28-/m11/s1. The maximum absolute atomic E-state index is 12.8. The van der Waals surface area contributed by atoms with Crippen LogP contribution < -0.4 is 9.47 Å². The van der Waals surface area contributed by atoms with Crippen molar-refractivity contribution in [3.8, 4) is 56.8 Å². The molecule has 4 aliphatic heterocycles. The van der Waals surface area contributed by atoms with Crippen molar-refractivity contribution in [2.75, 3.05) is 45.9 Å². The monoisotopic (exact) mass is 1350 g/mol. The predicted octanol–water partition coefficient (Wildman–Crippen LogP) is 12.9. The molecule has 9 atom stereocenters. The number of aliphatic hydroxyl groups excluding tert-OH is 2. The summed E-state index contributed by atoms with van der Waals surface area (Å²) >= 11 is 17.1. The van der Waals surface area contributed by atoms with Crippen molar-refractivity contribution in [2.45, 2.75) is 132 Å². The molecule has 24 heteroatoms. The maximum atomic E-state index is 12.8. The maximum Gasteiger partial charge on any atom is 0.301 e. The Morgan fingerprint density at radius 2 is 0.943 bits per heavy atom. The van der Waals surface area contributed by atoms with E-state index in [1.807, 2.05) is 88.0 Å². The normalized spacial score (nSPS) is 23.2. The van der Waals surface area contributed by atoms with Crippen molar-refractivity contribution in [1.82, 2.24) is 29.1 Å². The second-order valence-corrected chi connectivity index (χ2v) is 41.2. The summed E-state index contributed by atoms with van der Waals surface area (Å²) in [5.41, 5.74) is 10.5. The fourth-order valence-electron chi connectivity index (χ4n) is 11.0. The summed E-state index contributed by atoms with van der Waals surface area (Å²) < 4.78 is 70.1. The number of halogens is 3. The van der Waals surface area contributed by atoms with Gasteiger partial charge in [-0.05, 0) is 83.6 Å². The van der Waals surface area contributed by atoms with E-state index in [4.69, 9.17) is 81.0 Å². The lowest BCUT2D eigenvalue weighted by molar-refractivity contribution is 0.00332. The number of aliphatic hydroxyl groups is 2. The minimum absolute atomic E-state index is 0.213. The van der Waals surface area contributed by atoms with Gasteiger partial charge in [0.15, 0.2) is 23.5 Å². The molecule has 0 radical (unpaired) electrons. The highest BCUT2D eigenvalue weighted by Gasteiger charge is 2.50. The molecule has 466 valence electrons. The Kier molecular flexibility index (Phi) is 18.8. The van der Waals surface area contributed by atoms with Crippen LogP contribution in [-0.2, 0) is 51.6 Å². The average Bonchev–Trinajstić information content (AvgIpc) is 1.86. The zero-order valence-electron chi connectivity index (χ0n) is 50.3. The van der Waals surface area contributed by atoms with Gasteiger partial charge < -0.3 is 48.1 Å². The summed E-state index contributed by atoms with van der Waals surface area (Å²) in [7, 11) is -4.74. The average molecular weight is 1360 g/mol. The number of hydrogen-bond acceptors (Lipinski definition) is 16. The van der Waals surface area contributed by atoms with Gasteiger partial charge in [-0.1, -0.05) is 151 Å². The van der Waals surface area contributed by atoms with Gasteiger partial charge in [-0.3, -0.25) is 9.13 Å². The number of fused-ring (bicyclic) bond motifs is 4. The summed E-state index contributed by atoms with van der Waals surface area (Å²) in [4.78, 5) is 19.4. The Labute approximate surface area is 533 Å². The Bertz CT molecular complexity index is 3920. The van der Waals surface area contributed by atoms with Crippen molar-refractivity contribution >= 4 is 93.0 Å². The summed E-state index contributed by atoms with van der Waals surface area (Å²) in [6.45, 7) is 16.7. The number of aromatic nitrogens is 6. The van der Waals surface area contributed by atoms with Crippen molar-refractivity contribution in [2.24, 2.45) is 4.36 Å². The van der Waals surface area contributed by atoms with Crippen molar-refractivity contribution in [1.29, 1.82) is 0 Å². The number of ether oxygens (including phenoxy) is 8. The van der Waals surface area contributed by atoms with Crippen LogP contribution in [-0.4, -0.2) is 160 Å². The quantitative estimate of drug-likeness (QED) is 0.0538. The third-order valence-electron chi connectivity index (χ3n) is 16.3. The Hall–Kier alpha value is -5.16. The van der Waals surface area contributed by atoms with Gasteiger partial charge in [-0.2, -0.15) is 14.3 Å². The molecule has 8 aromatic rings. The molecule has 2 N–H and O–H groups in total. The highest BCUT2D eigenvalue weighted by atomic mass is 79.9. The molecule has 1 saturated carbocycles. The first-order chi connectivity index (χ1) is 42.1. The SMILES string of the molecule is C[Si](C)(C)CCOCn1c(O[C@@H]2CO[C@H]3[C@@H]2OC[C@H]3O)nc2cc(Cl)c(-c3ccc(-c4ccc(Br)cc4)cc3)nc21.C[Si](C)(C)CCOCn1c(O[C@@H]2CO[C@H]3[C@@H]2OC[C@H]3O)nc2cc(Cl)c(-c3ccc(-c4ccc(N=S(C)(=O)C5CC5)cc4)cc3)nc21. The molecule has 18 nitrogen and oxygen atoms in total. The molecule has 5 aliphatic rings. The van der Waals surface area contributed by atoms with E-state index >= 15 is 0 Å². The number of rotatable bonds is 20. The Balaban J connectivity index is 0.000000173. The first-order valence-corrected chi connectivity index (χ1v) is 40.8. The molecule has 4 aromatic carbocycles. The number of nitrogens with zero attached hydrogens (tertiary/aromatic N) is 7. The number of hydrogen-bond donors (Lipinski definition) is 2. The Morgan fingerprint density at radius 1 is 0.568 bits per heavy atom. The van der Waals surface area contributed by atoms with E-state index in [1.54, 1.807) is 12.3 Å². The third kappa shape index (κ3) is 14.5. The summed E-state index contributed by atoms with van der Waals surface area (Å²) in [5, 5.41) is 21.5. The van der Waals surface area contributed by atoms with E-state index in [1.165, 1.54) is 0 Å². The summed E-state index contributed by atoms with van der Waals surface area (Å²) in [5.74, 6) is 0. The number of imidazole rings is 2. The molecule has 1 unspecified atom stereocenters. The molecule has 4 saturated heterocycles. The van der Waals surface area contributed by atoms with Gasteiger partial charge in [0.25, 0.3) is 0 Å². The molecule has 0 amide bonds. The fraction of sp³-hybridized carbons (Fsp3) is 0.438. The van der Waals surface area contributed by atoms with Crippen LogP contribution in [0.15, 0.2) is 118 Å². The van der Waals surface area contributed by atoms with E-state index in [2.05, 4.69) is 83.8 Å². The van der Waals surface area contributed by atoms with Crippen LogP contribution in [0.4, 0.5) is 5.69 Å². The van der Waals surface area contributed by atoms with E-state index in [9.17, 15) is 14.4 Å². The minimum Gasteiger partial charge on any atom is -0.456 e. The van der Waals surface area contributed by atoms with Gasteiger partial charge in [-0.15, -0.1) is 0 Å². The second-order valence-electron chi connectivity index (χ2n) is 25.7. The molecule has 1 aliphatic carbocycles. The van der Waals surface area contributed by atoms with E-state index in [-0.39, 0.29) is 50.7 Å². The lowest BCUT2D eigenvalue weighted by Crippen LogP contribution is -2.35. The second kappa shape index (κ2) is 26.2. The zero-order chi connectivity index (χ0) is 61.6. The topological polar surface area (TPSA) is 205 Å². The van der Waals surface area contributed by atoms with Gasteiger partial charge in [0.05, 0.1) is 63.3 Å². The van der Waals surface area contributed by atoms with Crippen LogP contribution >= 0.6 is 39.1 Å². The molecule has 13 rings (SSSR count). The molecule has 88 heavy (non-hydrogen) atoms. The van der Waals surface area contributed by atoms with Gasteiger partial charge in [0.1, 0.15) is 61.1 Å². The first-order valence-electron chi connectivity index (χ1n) is 29.8. The van der Waals surface area contributed by atoms with Gasteiger partial charge in [-0.25, -0.2) is 14.2 Å². The first kappa shape index (κ1) is 63.0. The largest absolute Gasteiger partial charge is 0.456 e. The van der Waals surface area contributed by atoms with Crippen LogP contribution in [0.25, 0.3) is 67.1 Å². The Morgan fingerprint density at radius 3 is 1.34 bits per heavy atom. The zero-order valence-corrected chi connectivity index (χ0v) is 56.2. The van der Waals surface area contributed by atoms with E-state index in [0.29, 0.717) is 75.6 Å². The highest BCUT2D eigenvalue weighted by molar-refractivity contribution is 9.10. The lowest BCUT2D eigenvalue weighted by Gasteiger charge is -2.19. The smallest absolute Gasteiger partial charge is 0.301 e. The van der Waals surface area contributed by atoms with Crippen molar-refractivity contribution in [3.63, 3.8) is 0 Å². The van der Waals surface area contributed by atoms with Gasteiger partial charge >= 0.3 is 12.0 Å². The van der Waals surface area contributed by atoms with Crippen LogP contribution in [0.3, 0.4) is 0 Å². The van der Waals surface area contributed by atoms with Crippen LogP contribution in [0.1, 0.15) is 12.8 Å². The predicted molar refractivity (Wildman–Crippen MR) is 352 cm³/mol. The lowest BCUT2D eigenvalue weighted by atomic mass is 10.0. The molecule has 5 fully saturated rings.